The second-order valence-corrected chi connectivity index (χ2v) is 7.46. The second kappa shape index (κ2) is 11.0. The first-order valence-corrected chi connectivity index (χ1v) is 9.93. The summed E-state index contributed by atoms with van der Waals surface area (Å²) < 4.78 is 29.1. The first-order chi connectivity index (χ1) is 15.2. The zero-order valence-electron chi connectivity index (χ0n) is 18.3. The summed E-state index contributed by atoms with van der Waals surface area (Å²) in [6.45, 7) is 7.66. The van der Waals surface area contributed by atoms with Gasteiger partial charge in [-0.15, -0.1) is 0 Å². The number of halogens is 2. The summed E-state index contributed by atoms with van der Waals surface area (Å²) in [5, 5.41) is 2.71. The number of carbonyl (C=O) groups excluding carboxylic acids is 2. The Balaban J connectivity index is 2.45. The summed E-state index contributed by atoms with van der Waals surface area (Å²) in [6, 6.07) is 5.25. The van der Waals surface area contributed by atoms with Gasteiger partial charge in [0.2, 0.25) is 6.41 Å². The average molecular weight is 441 g/mol. The van der Waals surface area contributed by atoms with E-state index < -0.39 is 23.3 Å². The summed E-state index contributed by atoms with van der Waals surface area (Å²) in [5.41, 5.74) is 6.18. The number of carbonyl (C=O) groups is 2. The smallest absolute Gasteiger partial charge is 0.257 e. The highest BCUT2D eigenvalue weighted by molar-refractivity contribution is 6.15. The topological polar surface area (TPSA) is 110 Å². The van der Waals surface area contributed by atoms with Gasteiger partial charge >= 0.3 is 0 Å². The summed E-state index contributed by atoms with van der Waals surface area (Å²) >= 11 is 0. The Labute approximate surface area is 185 Å². The third kappa shape index (κ3) is 5.69. The lowest BCUT2D eigenvalue weighted by atomic mass is 10.0. The molecule has 0 aliphatic carbocycles. The van der Waals surface area contributed by atoms with E-state index in [9.17, 15) is 18.4 Å². The molecule has 0 aliphatic rings. The molecule has 32 heavy (non-hydrogen) atoms. The van der Waals surface area contributed by atoms with Gasteiger partial charge in [0, 0.05) is 11.8 Å². The Hall–Kier alpha value is -3.75. The monoisotopic (exact) mass is 441 g/mol. The number of nitrogens with one attached hydrogen (secondary N) is 1. The highest BCUT2D eigenvalue weighted by atomic mass is 19.1. The molecule has 0 spiro atoms. The van der Waals surface area contributed by atoms with Crippen LogP contribution in [0.1, 0.15) is 56.5 Å². The van der Waals surface area contributed by atoms with Crippen molar-refractivity contribution in [2.75, 3.05) is 5.32 Å². The summed E-state index contributed by atoms with van der Waals surface area (Å²) in [5.74, 6) is -2.64. The molecule has 0 bridgehead atoms. The minimum absolute atomic E-state index is 0.0178. The Kier molecular flexibility index (Phi) is 8.46. The number of hydrogen-bond donors (Lipinski definition) is 2. The number of amides is 2. The molecule has 0 saturated carbocycles. The van der Waals surface area contributed by atoms with Crippen LogP contribution in [0, 0.1) is 5.82 Å². The lowest BCUT2D eigenvalue weighted by molar-refractivity contribution is -0.112. The summed E-state index contributed by atoms with van der Waals surface area (Å²) in [7, 11) is 0. The molecule has 3 N–H and O–H groups in total. The van der Waals surface area contributed by atoms with Gasteiger partial charge in [0.25, 0.3) is 5.91 Å². The van der Waals surface area contributed by atoms with Gasteiger partial charge in [-0.1, -0.05) is 39.8 Å². The number of aromatic nitrogens is 2. The van der Waals surface area contributed by atoms with Crippen molar-refractivity contribution in [2.24, 2.45) is 10.7 Å². The van der Waals surface area contributed by atoms with Gasteiger partial charge in [0.15, 0.2) is 5.83 Å². The van der Waals surface area contributed by atoms with Crippen LogP contribution < -0.4 is 11.1 Å². The van der Waals surface area contributed by atoms with E-state index in [1.807, 2.05) is 27.7 Å². The van der Waals surface area contributed by atoms with Crippen molar-refractivity contribution in [2.45, 2.75) is 39.5 Å². The van der Waals surface area contributed by atoms with Crippen LogP contribution in [-0.4, -0.2) is 28.0 Å². The van der Waals surface area contributed by atoms with Crippen LogP contribution in [0.5, 0.6) is 0 Å². The Morgan fingerprint density at radius 2 is 1.72 bits per heavy atom. The molecule has 0 fully saturated rings. The van der Waals surface area contributed by atoms with E-state index >= 15 is 0 Å². The lowest BCUT2D eigenvalue weighted by Crippen LogP contribution is -2.20. The fourth-order valence-electron chi connectivity index (χ4n) is 2.96. The van der Waals surface area contributed by atoms with E-state index in [-0.39, 0.29) is 29.4 Å². The number of aliphatic imine (C=N–C) groups is 1. The fraction of sp³-hybridized carbons (Fsp3) is 0.261. The third-order valence-electron chi connectivity index (χ3n) is 4.50. The maximum Gasteiger partial charge on any atom is 0.257 e. The molecule has 2 amide bonds. The zero-order valence-corrected chi connectivity index (χ0v) is 18.3. The van der Waals surface area contributed by atoms with Crippen LogP contribution in [0.4, 0.5) is 14.5 Å². The number of anilines is 1. The summed E-state index contributed by atoms with van der Waals surface area (Å²) in [4.78, 5) is 35.7. The maximum atomic E-state index is 15.0. The Morgan fingerprint density at radius 1 is 1.12 bits per heavy atom. The first kappa shape index (κ1) is 24.5. The second-order valence-electron chi connectivity index (χ2n) is 7.46. The molecule has 168 valence electrons. The predicted molar refractivity (Wildman–Crippen MR) is 119 cm³/mol. The highest BCUT2D eigenvalue weighted by Gasteiger charge is 2.21. The van der Waals surface area contributed by atoms with Crippen molar-refractivity contribution < 1.29 is 18.4 Å². The molecule has 1 aromatic carbocycles. The largest absolute Gasteiger partial charge is 0.404 e. The van der Waals surface area contributed by atoms with E-state index in [2.05, 4.69) is 20.3 Å². The third-order valence-corrected chi connectivity index (χ3v) is 4.50. The highest BCUT2D eigenvalue weighted by Crippen LogP contribution is 2.29. The quantitative estimate of drug-likeness (QED) is 0.277. The van der Waals surface area contributed by atoms with Crippen LogP contribution in [0.2, 0.25) is 0 Å². The molecular weight excluding hydrogens is 416 g/mol. The molecule has 0 radical (unpaired) electrons. The van der Waals surface area contributed by atoms with E-state index in [0.717, 1.165) is 18.3 Å². The summed E-state index contributed by atoms with van der Waals surface area (Å²) in [6.07, 6.45) is 3.21. The number of rotatable bonds is 8. The van der Waals surface area contributed by atoms with Crippen LogP contribution in [-0.2, 0) is 9.59 Å². The number of benzene rings is 1. The standard InChI is InChI=1S/C23H25F2N5O2/c1-13(2)19-22(20(14(3)4)28-11-27-19)30-23(32)15(10-26)9-18(25)21(29-12-31)16-7-5-6-8-17(16)24/h5-14H,26H2,1-4H3,(H,30,32)/b15-10-,18-9+,29-21?. The van der Waals surface area contributed by atoms with Gasteiger partial charge in [-0.2, -0.15) is 0 Å². The molecule has 0 aliphatic heterocycles. The predicted octanol–water partition coefficient (Wildman–Crippen LogP) is 4.14. The van der Waals surface area contributed by atoms with E-state index in [1.54, 1.807) is 0 Å². The SMILES string of the molecule is CC(C)c1ncnc(C(C)C)c1NC(=O)C(=C\N)/C=C(/F)C(=NC=O)c1ccccc1F. The Morgan fingerprint density at radius 3 is 2.22 bits per heavy atom. The van der Waals surface area contributed by atoms with Crippen LogP contribution in [0.15, 0.2) is 59.3 Å². The molecule has 9 heteroatoms. The minimum Gasteiger partial charge on any atom is -0.404 e. The molecule has 7 nitrogen and oxygen atoms in total. The number of allylic oxidation sites excluding steroid dienone is 1. The molecule has 0 saturated heterocycles. The van der Waals surface area contributed by atoms with Crippen LogP contribution in [0.25, 0.3) is 0 Å². The molecule has 0 atom stereocenters. The minimum atomic E-state index is -1.11. The number of nitrogens with zero attached hydrogens (tertiary/aromatic N) is 3. The lowest BCUT2D eigenvalue weighted by Gasteiger charge is -2.18. The van der Waals surface area contributed by atoms with Crippen molar-refractivity contribution in [3.63, 3.8) is 0 Å². The molecular formula is C23H25F2N5O2. The van der Waals surface area contributed by atoms with Gasteiger partial charge < -0.3 is 11.1 Å². The van der Waals surface area contributed by atoms with Gasteiger partial charge in [0.05, 0.1) is 22.6 Å². The van der Waals surface area contributed by atoms with Crippen LogP contribution in [0.3, 0.4) is 0 Å². The van der Waals surface area contributed by atoms with Crippen molar-refractivity contribution in [1.29, 1.82) is 0 Å². The normalized spacial score (nSPS) is 12.9. The maximum absolute atomic E-state index is 15.0. The molecule has 2 rings (SSSR count). The molecule has 2 aromatic rings. The number of nitrogens with two attached hydrogens (primary N) is 1. The van der Waals surface area contributed by atoms with Gasteiger partial charge in [-0.25, -0.2) is 23.7 Å². The van der Waals surface area contributed by atoms with Crippen molar-refractivity contribution in [3.05, 3.63) is 77.0 Å². The van der Waals surface area contributed by atoms with Gasteiger partial charge in [-0.3, -0.25) is 9.59 Å². The van der Waals surface area contributed by atoms with Crippen molar-refractivity contribution in [3.8, 4) is 0 Å². The van der Waals surface area contributed by atoms with E-state index in [4.69, 9.17) is 5.73 Å². The van der Waals surface area contributed by atoms with Crippen molar-refractivity contribution >= 4 is 23.7 Å². The zero-order chi connectivity index (χ0) is 23.8. The van der Waals surface area contributed by atoms with Crippen molar-refractivity contribution in [1.82, 2.24) is 9.97 Å². The van der Waals surface area contributed by atoms with Gasteiger partial charge in [-0.05, 0) is 30.0 Å². The average Bonchev–Trinajstić information content (AvgIpc) is 2.75. The first-order valence-electron chi connectivity index (χ1n) is 9.93. The molecule has 0 unspecified atom stereocenters. The Bertz CT molecular complexity index is 1070. The fourth-order valence-corrected chi connectivity index (χ4v) is 2.96. The van der Waals surface area contributed by atoms with E-state index in [0.29, 0.717) is 17.1 Å². The number of hydrogen-bond acceptors (Lipinski definition) is 5. The van der Waals surface area contributed by atoms with Gasteiger partial charge in [0.1, 0.15) is 17.9 Å². The molecule has 1 aromatic heterocycles. The van der Waals surface area contributed by atoms with Crippen LogP contribution >= 0.6 is 0 Å². The van der Waals surface area contributed by atoms with E-state index in [1.165, 1.54) is 24.5 Å². The molecule has 1 heterocycles.